The number of imide groups is 1. The standard InChI is InChI=1S/C22H19N4O2PS/c1-4-26-21(27)16(12(2)17(11-23)22(26)28)9-15-10-18-20(30-15)24-19(25(18)3)13-5-7-14(29)8-6-13/h5-10H,4,29H2,1-3H3/b16-9-. The van der Waals surface area contributed by atoms with E-state index in [1.165, 1.54) is 11.3 Å². The van der Waals surface area contributed by atoms with E-state index in [0.717, 1.165) is 36.8 Å². The number of carbonyl (C=O) groups excluding carboxylic acids is 2. The van der Waals surface area contributed by atoms with Gasteiger partial charge in [0.1, 0.15) is 22.3 Å². The molecule has 0 bridgehead atoms. The van der Waals surface area contributed by atoms with Crippen LogP contribution in [-0.2, 0) is 16.6 Å². The average Bonchev–Trinajstić information content (AvgIpc) is 3.25. The maximum Gasteiger partial charge on any atom is 0.271 e. The number of imidazole rings is 1. The molecule has 0 aliphatic carbocycles. The number of benzene rings is 1. The van der Waals surface area contributed by atoms with Gasteiger partial charge in [0.05, 0.1) is 5.52 Å². The molecule has 0 saturated carbocycles. The Morgan fingerprint density at radius 3 is 2.53 bits per heavy atom. The van der Waals surface area contributed by atoms with Crippen LogP contribution in [0.1, 0.15) is 18.7 Å². The number of aryl methyl sites for hydroxylation is 1. The Hall–Kier alpha value is -3.07. The lowest BCUT2D eigenvalue weighted by Gasteiger charge is -2.26. The molecule has 1 unspecified atom stereocenters. The largest absolute Gasteiger partial charge is 0.326 e. The second kappa shape index (κ2) is 7.64. The van der Waals surface area contributed by atoms with Gasteiger partial charge < -0.3 is 4.57 Å². The topological polar surface area (TPSA) is 79.0 Å². The van der Waals surface area contributed by atoms with Crippen molar-refractivity contribution in [3.63, 3.8) is 0 Å². The predicted octanol–water partition coefficient (Wildman–Crippen LogP) is 3.41. The van der Waals surface area contributed by atoms with E-state index in [-0.39, 0.29) is 18.0 Å². The highest BCUT2D eigenvalue weighted by Crippen LogP contribution is 2.33. The van der Waals surface area contributed by atoms with Gasteiger partial charge in [-0.25, -0.2) is 4.98 Å². The smallest absolute Gasteiger partial charge is 0.271 e. The van der Waals surface area contributed by atoms with E-state index in [0.29, 0.717) is 11.1 Å². The lowest BCUT2D eigenvalue weighted by Crippen LogP contribution is -2.42. The minimum Gasteiger partial charge on any atom is -0.326 e. The van der Waals surface area contributed by atoms with E-state index in [1.54, 1.807) is 19.9 Å². The van der Waals surface area contributed by atoms with Crippen LogP contribution >= 0.6 is 20.6 Å². The summed E-state index contributed by atoms with van der Waals surface area (Å²) in [5.41, 5.74) is 2.80. The van der Waals surface area contributed by atoms with Crippen molar-refractivity contribution in [1.82, 2.24) is 14.5 Å². The molecule has 1 aliphatic rings. The molecule has 1 aliphatic heterocycles. The van der Waals surface area contributed by atoms with Crippen molar-refractivity contribution in [2.45, 2.75) is 13.8 Å². The second-order valence-corrected chi connectivity index (χ2v) is 8.71. The zero-order chi connectivity index (χ0) is 21.6. The highest BCUT2D eigenvalue weighted by atomic mass is 32.1. The number of thiophene rings is 1. The highest BCUT2D eigenvalue weighted by molar-refractivity contribution is 7.27. The summed E-state index contributed by atoms with van der Waals surface area (Å²) in [4.78, 5) is 32.7. The molecule has 3 aromatic rings. The fourth-order valence-corrected chi connectivity index (χ4v) is 4.71. The first-order chi connectivity index (χ1) is 14.3. The minimum absolute atomic E-state index is 0.0155. The van der Waals surface area contributed by atoms with Crippen molar-refractivity contribution in [2.24, 2.45) is 7.05 Å². The Morgan fingerprint density at radius 1 is 1.23 bits per heavy atom. The number of amides is 2. The van der Waals surface area contributed by atoms with Crippen molar-refractivity contribution < 1.29 is 9.59 Å². The molecule has 1 aromatic carbocycles. The van der Waals surface area contributed by atoms with Gasteiger partial charge in [-0.15, -0.1) is 20.6 Å². The monoisotopic (exact) mass is 434 g/mol. The number of aromatic nitrogens is 2. The van der Waals surface area contributed by atoms with Crippen molar-refractivity contribution in [2.75, 3.05) is 6.54 Å². The van der Waals surface area contributed by atoms with E-state index in [1.807, 2.05) is 48.0 Å². The molecule has 0 spiro atoms. The fraction of sp³-hybridized carbons (Fsp3) is 0.182. The average molecular weight is 434 g/mol. The molecule has 3 heterocycles. The number of nitriles is 1. The second-order valence-electron chi connectivity index (χ2n) is 6.98. The van der Waals surface area contributed by atoms with E-state index in [9.17, 15) is 14.9 Å². The summed E-state index contributed by atoms with van der Waals surface area (Å²) in [6, 6.07) is 12.0. The molecule has 4 rings (SSSR count). The summed E-state index contributed by atoms with van der Waals surface area (Å²) >= 11 is 1.47. The highest BCUT2D eigenvalue weighted by Gasteiger charge is 2.34. The van der Waals surface area contributed by atoms with Crippen molar-refractivity contribution in [3.05, 3.63) is 51.9 Å². The van der Waals surface area contributed by atoms with Crippen LogP contribution in [0.25, 0.3) is 27.8 Å². The third-order valence-electron chi connectivity index (χ3n) is 5.20. The van der Waals surface area contributed by atoms with Gasteiger partial charge in [0.25, 0.3) is 11.8 Å². The van der Waals surface area contributed by atoms with Gasteiger partial charge in [0.2, 0.25) is 0 Å². The lowest BCUT2D eigenvalue weighted by atomic mass is 9.95. The molecule has 1 atom stereocenters. The van der Waals surface area contributed by atoms with Gasteiger partial charge in [-0.1, -0.05) is 24.3 Å². The number of hydrogen-bond acceptors (Lipinski definition) is 5. The van der Waals surface area contributed by atoms with Gasteiger partial charge >= 0.3 is 0 Å². The Bertz CT molecular complexity index is 1310. The summed E-state index contributed by atoms with van der Waals surface area (Å²) < 4.78 is 2.03. The summed E-state index contributed by atoms with van der Waals surface area (Å²) in [5.74, 6) is -0.0266. The predicted molar refractivity (Wildman–Crippen MR) is 122 cm³/mol. The van der Waals surface area contributed by atoms with E-state index in [4.69, 9.17) is 4.98 Å². The molecule has 0 fully saturated rings. The van der Waals surface area contributed by atoms with Crippen LogP contribution in [0.15, 0.2) is 47.1 Å². The maximum absolute atomic E-state index is 12.8. The molecular weight excluding hydrogens is 415 g/mol. The van der Waals surface area contributed by atoms with E-state index >= 15 is 0 Å². The van der Waals surface area contributed by atoms with Crippen molar-refractivity contribution >= 4 is 54.1 Å². The zero-order valence-electron chi connectivity index (χ0n) is 16.8. The third kappa shape index (κ3) is 3.19. The quantitative estimate of drug-likeness (QED) is 0.360. The SMILES string of the molecule is CCN1C(=O)C(C#N)=C(C)/C(=C/c2cc3c(nc(-c4ccc(P)cc4)n3C)s2)C1=O. The molecule has 0 N–H and O–H groups in total. The molecule has 8 heteroatoms. The Morgan fingerprint density at radius 2 is 1.93 bits per heavy atom. The third-order valence-corrected chi connectivity index (χ3v) is 6.55. The van der Waals surface area contributed by atoms with E-state index < -0.39 is 5.91 Å². The van der Waals surface area contributed by atoms with Crippen LogP contribution < -0.4 is 5.30 Å². The molecule has 0 radical (unpaired) electrons. The van der Waals surface area contributed by atoms with Crippen LogP contribution in [0.4, 0.5) is 0 Å². The first kappa shape index (κ1) is 20.2. The zero-order valence-corrected chi connectivity index (χ0v) is 18.7. The van der Waals surface area contributed by atoms with Crippen molar-refractivity contribution in [3.8, 4) is 17.5 Å². The van der Waals surface area contributed by atoms with Crippen molar-refractivity contribution in [1.29, 1.82) is 5.26 Å². The molecule has 2 amide bonds. The molecule has 2 aromatic heterocycles. The summed E-state index contributed by atoms with van der Waals surface area (Å²) in [7, 11) is 4.63. The summed E-state index contributed by atoms with van der Waals surface area (Å²) in [5, 5.41) is 10.5. The van der Waals surface area contributed by atoms with Crippen LogP contribution in [-0.4, -0.2) is 32.8 Å². The Balaban J connectivity index is 1.79. The molecule has 30 heavy (non-hydrogen) atoms. The first-order valence-corrected chi connectivity index (χ1v) is 10.8. The Kier molecular flexibility index (Phi) is 5.15. The summed E-state index contributed by atoms with van der Waals surface area (Å²) in [6.07, 6.45) is 1.75. The molecular formula is C22H19N4O2PS. The number of rotatable bonds is 3. The molecule has 6 nitrogen and oxygen atoms in total. The van der Waals surface area contributed by atoms with Crippen LogP contribution in [0.3, 0.4) is 0 Å². The van der Waals surface area contributed by atoms with Crippen LogP contribution in [0.5, 0.6) is 0 Å². The van der Waals surface area contributed by atoms with Gasteiger partial charge in [-0.2, -0.15) is 5.26 Å². The minimum atomic E-state index is -0.529. The number of fused-ring (bicyclic) bond motifs is 1. The fourth-order valence-electron chi connectivity index (χ4n) is 3.52. The molecule has 150 valence electrons. The number of carbonyl (C=O) groups is 2. The maximum atomic E-state index is 12.8. The van der Waals surface area contributed by atoms with Gasteiger partial charge in [0.15, 0.2) is 0 Å². The number of hydrogen-bond donors (Lipinski definition) is 0. The van der Waals surface area contributed by atoms with Crippen LogP contribution in [0, 0.1) is 11.3 Å². The molecule has 0 saturated heterocycles. The van der Waals surface area contributed by atoms with Gasteiger partial charge in [-0.05, 0) is 36.9 Å². The van der Waals surface area contributed by atoms with Crippen LogP contribution in [0.2, 0.25) is 0 Å². The lowest BCUT2D eigenvalue weighted by molar-refractivity contribution is -0.140. The van der Waals surface area contributed by atoms with E-state index in [2.05, 4.69) is 9.24 Å². The summed E-state index contributed by atoms with van der Waals surface area (Å²) in [6.45, 7) is 3.59. The number of nitrogens with zero attached hydrogens (tertiary/aromatic N) is 4. The first-order valence-electron chi connectivity index (χ1n) is 9.37. The normalized spacial score (nSPS) is 16.1. The number of likely N-dealkylation sites (N-methyl/N-ethyl adjacent to an activating group) is 1. The van der Waals surface area contributed by atoms with Gasteiger partial charge in [-0.3, -0.25) is 14.5 Å². The Labute approximate surface area is 180 Å². The van der Waals surface area contributed by atoms with Gasteiger partial charge in [0, 0.05) is 29.6 Å².